The number of ether oxygens (including phenoxy) is 1. The molecular weight excluding hydrogens is 328 g/mol. The van der Waals surface area contributed by atoms with Crippen LogP contribution in [0.4, 0.5) is 0 Å². The predicted octanol–water partition coefficient (Wildman–Crippen LogP) is 2.65. The van der Waals surface area contributed by atoms with Crippen LogP contribution in [-0.4, -0.2) is 47.3 Å². The van der Waals surface area contributed by atoms with Gasteiger partial charge in [0.15, 0.2) is 0 Å². The van der Waals surface area contributed by atoms with Gasteiger partial charge < -0.3 is 14.8 Å². The number of para-hydroxylation sites is 1. The second kappa shape index (κ2) is 5.57. The van der Waals surface area contributed by atoms with E-state index in [1.165, 1.54) is 29.3 Å². The molecular formula is C21H26N2O3. The summed E-state index contributed by atoms with van der Waals surface area (Å²) >= 11 is 0. The monoisotopic (exact) mass is 354 g/mol. The number of carbonyl (C=O) groups is 1. The molecule has 1 aromatic heterocycles. The third kappa shape index (κ3) is 1.80. The first-order valence-corrected chi connectivity index (χ1v) is 9.70. The van der Waals surface area contributed by atoms with Crippen LogP contribution in [0.15, 0.2) is 24.3 Å². The first-order chi connectivity index (χ1) is 12.7. The number of aliphatic hydroxyl groups is 1. The molecule has 0 spiro atoms. The van der Waals surface area contributed by atoms with E-state index in [1.807, 2.05) is 0 Å². The van der Waals surface area contributed by atoms with Crippen molar-refractivity contribution in [1.29, 1.82) is 0 Å². The first kappa shape index (κ1) is 16.3. The number of carbonyl (C=O) groups excluding carboxylic acids is 1. The second-order valence-electron chi connectivity index (χ2n) is 8.20. The Hall–Kier alpha value is -1.85. The number of hydrogen-bond donors (Lipinski definition) is 2. The van der Waals surface area contributed by atoms with E-state index in [2.05, 4.69) is 41.1 Å². The topological polar surface area (TPSA) is 65.6 Å². The minimum Gasteiger partial charge on any atom is -0.468 e. The number of piperidine rings is 3. The third-order valence-electron chi connectivity index (χ3n) is 7.48. The Morgan fingerprint density at radius 3 is 2.96 bits per heavy atom. The molecule has 4 bridgehead atoms. The van der Waals surface area contributed by atoms with Crippen LogP contribution in [0, 0.1) is 17.3 Å². The van der Waals surface area contributed by atoms with Crippen LogP contribution in [0.5, 0.6) is 0 Å². The highest BCUT2D eigenvalue weighted by atomic mass is 16.5. The maximum absolute atomic E-state index is 13.0. The van der Waals surface area contributed by atoms with Crippen molar-refractivity contribution in [2.24, 2.45) is 17.3 Å². The Balaban J connectivity index is 1.70. The van der Waals surface area contributed by atoms with Crippen molar-refractivity contribution in [3.8, 4) is 0 Å². The quantitative estimate of drug-likeness (QED) is 0.832. The van der Waals surface area contributed by atoms with Crippen LogP contribution in [0.1, 0.15) is 37.1 Å². The van der Waals surface area contributed by atoms with E-state index in [0.717, 1.165) is 25.8 Å². The van der Waals surface area contributed by atoms with Crippen molar-refractivity contribution < 1.29 is 14.6 Å². The van der Waals surface area contributed by atoms with Crippen LogP contribution < -0.4 is 0 Å². The van der Waals surface area contributed by atoms with E-state index in [4.69, 9.17) is 4.74 Å². The molecule has 4 aliphatic heterocycles. The molecule has 138 valence electrons. The summed E-state index contributed by atoms with van der Waals surface area (Å²) < 4.78 is 5.24. The Labute approximate surface area is 153 Å². The van der Waals surface area contributed by atoms with Gasteiger partial charge in [0.05, 0.1) is 19.8 Å². The molecule has 0 aliphatic carbocycles. The zero-order valence-corrected chi connectivity index (χ0v) is 15.4. The Kier molecular flexibility index (Phi) is 3.50. The van der Waals surface area contributed by atoms with Gasteiger partial charge in [-0.3, -0.25) is 9.69 Å². The van der Waals surface area contributed by atoms with Crippen LogP contribution in [0.25, 0.3) is 10.9 Å². The fourth-order valence-corrected chi connectivity index (χ4v) is 6.29. The molecule has 4 aliphatic rings. The number of aliphatic hydroxyl groups excluding tert-OH is 1. The van der Waals surface area contributed by atoms with Gasteiger partial charge in [0.25, 0.3) is 0 Å². The summed E-state index contributed by atoms with van der Waals surface area (Å²) in [5.74, 6) is 0.365. The van der Waals surface area contributed by atoms with Gasteiger partial charge in [0.1, 0.15) is 5.41 Å². The highest BCUT2D eigenvalue weighted by Gasteiger charge is 2.65. The zero-order valence-electron chi connectivity index (χ0n) is 15.4. The van der Waals surface area contributed by atoms with E-state index < -0.39 is 5.41 Å². The second-order valence-corrected chi connectivity index (χ2v) is 8.20. The maximum atomic E-state index is 13.0. The van der Waals surface area contributed by atoms with Crippen molar-refractivity contribution in [3.05, 3.63) is 35.5 Å². The zero-order chi connectivity index (χ0) is 18.1. The lowest BCUT2D eigenvalue weighted by Gasteiger charge is -2.64. The van der Waals surface area contributed by atoms with Crippen molar-refractivity contribution in [2.75, 3.05) is 20.3 Å². The number of hydrogen-bond acceptors (Lipinski definition) is 4. The van der Waals surface area contributed by atoms with Gasteiger partial charge >= 0.3 is 5.97 Å². The summed E-state index contributed by atoms with van der Waals surface area (Å²) in [6.45, 7) is 3.06. The largest absolute Gasteiger partial charge is 0.468 e. The lowest BCUT2D eigenvalue weighted by molar-refractivity contribution is -0.204. The molecule has 0 amide bonds. The van der Waals surface area contributed by atoms with Gasteiger partial charge in [-0.05, 0) is 36.3 Å². The van der Waals surface area contributed by atoms with Crippen LogP contribution >= 0.6 is 0 Å². The molecule has 26 heavy (non-hydrogen) atoms. The highest BCUT2D eigenvalue weighted by molar-refractivity contribution is 5.86. The number of H-pyrrole nitrogens is 1. The van der Waals surface area contributed by atoms with E-state index in [0.29, 0.717) is 12.0 Å². The fraction of sp³-hybridized carbons (Fsp3) is 0.571. The molecule has 6 atom stereocenters. The van der Waals surface area contributed by atoms with E-state index in [9.17, 15) is 9.90 Å². The summed E-state index contributed by atoms with van der Waals surface area (Å²) in [7, 11) is 1.45. The lowest BCUT2D eigenvalue weighted by atomic mass is 9.53. The molecule has 1 aromatic carbocycles. The molecule has 3 fully saturated rings. The summed E-state index contributed by atoms with van der Waals surface area (Å²) in [5, 5.41) is 11.7. The third-order valence-corrected chi connectivity index (χ3v) is 7.48. The van der Waals surface area contributed by atoms with Crippen molar-refractivity contribution in [2.45, 2.75) is 38.3 Å². The number of aromatic nitrogens is 1. The molecule has 5 heteroatoms. The predicted molar refractivity (Wildman–Crippen MR) is 98.7 cm³/mol. The van der Waals surface area contributed by atoms with Crippen molar-refractivity contribution in [1.82, 2.24) is 9.88 Å². The maximum Gasteiger partial charge on any atom is 0.316 e. The average molecular weight is 354 g/mol. The van der Waals surface area contributed by atoms with Gasteiger partial charge in [-0.1, -0.05) is 31.5 Å². The Morgan fingerprint density at radius 2 is 2.23 bits per heavy atom. The Bertz CT molecular complexity index is 875. The van der Waals surface area contributed by atoms with E-state index in [-0.39, 0.29) is 24.5 Å². The Morgan fingerprint density at radius 1 is 1.42 bits per heavy atom. The number of benzene rings is 1. The molecule has 2 N–H and O–H groups in total. The molecule has 0 radical (unpaired) electrons. The van der Waals surface area contributed by atoms with Crippen LogP contribution in [0.2, 0.25) is 0 Å². The molecule has 0 saturated carbocycles. The normalized spacial score (nSPS) is 37.6. The van der Waals surface area contributed by atoms with Gasteiger partial charge in [-0.15, -0.1) is 0 Å². The van der Waals surface area contributed by atoms with Crippen LogP contribution in [-0.2, 0) is 16.0 Å². The van der Waals surface area contributed by atoms with Gasteiger partial charge in [0, 0.05) is 29.2 Å². The molecule has 5 nitrogen and oxygen atoms in total. The lowest BCUT2D eigenvalue weighted by Crippen LogP contribution is -2.71. The van der Waals surface area contributed by atoms with E-state index >= 15 is 0 Å². The van der Waals surface area contributed by atoms with Gasteiger partial charge in [0.2, 0.25) is 0 Å². The number of methoxy groups -OCH3 is 1. The van der Waals surface area contributed by atoms with E-state index in [1.54, 1.807) is 0 Å². The number of rotatable bonds is 3. The molecule has 6 rings (SSSR count). The van der Waals surface area contributed by atoms with Gasteiger partial charge in [-0.2, -0.15) is 0 Å². The summed E-state index contributed by atoms with van der Waals surface area (Å²) in [4.78, 5) is 19.1. The minimum atomic E-state index is -0.805. The number of esters is 1. The number of nitrogens with one attached hydrogen (secondary N) is 1. The SMILES string of the molecule is CCC1CN2C3CC1C(CO)(C(=O)OC)C2Cc1c3[nH]c2ccccc12. The van der Waals surface area contributed by atoms with Crippen molar-refractivity contribution >= 4 is 16.9 Å². The number of nitrogens with zero attached hydrogens (tertiary/aromatic N) is 1. The summed E-state index contributed by atoms with van der Waals surface area (Å²) in [5.41, 5.74) is 3.00. The number of fused-ring (bicyclic) bond motifs is 4. The first-order valence-electron chi connectivity index (χ1n) is 9.70. The fourth-order valence-electron chi connectivity index (χ4n) is 6.29. The highest BCUT2D eigenvalue weighted by Crippen LogP contribution is 2.60. The summed E-state index contributed by atoms with van der Waals surface area (Å²) in [6, 6.07) is 8.74. The molecule has 6 unspecified atom stereocenters. The standard InChI is InChI=1S/C21H26N2O3/c1-3-12-10-23-17-9-15(12)21(11-24,20(25)26-2)18(23)8-14-13-6-4-5-7-16(13)22-19(14)17/h4-7,12,15,17-18,22,24H,3,8-11H2,1-2H3. The summed E-state index contributed by atoms with van der Waals surface area (Å²) in [6.07, 6.45) is 2.72. The smallest absolute Gasteiger partial charge is 0.316 e. The molecule has 3 saturated heterocycles. The van der Waals surface area contributed by atoms with Crippen LogP contribution in [0.3, 0.4) is 0 Å². The minimum absolute atomic E-state index is 0.0122. The molecule has 2 aromatic rings. The van der Waals surface area contributed by atoms with Gasteiger partial charge in [-0.25, -0.2) is 0 Å². The molecule has 5 heterocycles. The van der Waals surface area contributed by atoms with Crippen molar-refractivity contribution in [3.63, 3.8) is 0 Å². The average Bonchev–Trinajstić information content (AvgIpc) is 3.06. The number of aromatic amines is 1.